The molecular formula is C48H59ClN8O7S. The zero-order chi connectivity index (χ0) is 46.6. The molecule has 5 heterocycles. The number of hydrogen-bond donors (Lipinski definition) is 2. The number of carbonyl (C=O) groups excluding carboxylic acids is 4. The lowest BCUT2D eigenvalue weighted by Gasteiger charge is -2.24. The van der Waals surface area contributed by atoms with Gasteiger partial charge in [-0.15, -0.1) is 0 Å². The number of aryl methyl sites for hydroxylation is 2. The predicted molar refractivity (Wildman–Crippen MR) is 257 cm³/mol. The number of esters is 2. The Morgan fingerprint density at radius 1 is 0.723 bits per heavy atom. The Balaban J connectivity index is 0.000000240. The lowest BCUT2D eigenvalue weighted by atomic mass is 10.1. The first-order chi connectivity index (χ1) is 30.0. The van der Waals surface area contributed by atoms with Crippen molar-refractivity contribution in [2.24, 2.45) is 5.73 Å². The maximum absolute atomic E-state index is 13.1. The normalized spacial score (nSPS) is 14.1. The monoisotopic (exact) mass is 926 g/mol. The van der Waals surface area contributed by atoms with Gasteiger partial charge in [-0.3, -0.25) is 14.4 Å². The van der Waals surface area contributed by atoms with Crippen molar-refractivity contribution in [1.82, 2.24) is 29.5 Å². The van der Waals surface area contributed by atoms with Gasteiger partial charge >= 0.3 is 18.0 Å². The number of amides is 1. The van der Waals surface area contributed by atoms with Crippen molar-refractivity contribution in [2.45, 2.75) is 124 Å². The number of halogens is 1. The quantitative estimate of drug-likeness (QED) is 0.0751. The van der Waals surface area contributed by atoms with Crippen LogP contribution in [0.3, 0.4) is 0 Å². The molecular weight excluding hydrogens is 868 g/mol. The summed E-state index contributed by atoms with van der Waals surface area (Å²) in [5.74, 6) is 0.695. The highest BCUT2D eigenvalue weighted by Gasteiger charge is 2.32. The Morgan fingerprint density at radius 3 is 1.80 bits per heavy atom. The average molecular weight is 928 g/mol. The minimum Gasteiger partial charge on any atom is -0.460 e. The second kappa shape index (κ2) is 20.4. The fourth-order valence-corrected chi connectivity index (χ4v) is 7.41. The first-order valence-corrected chi connectivity index (χ1v) is 21.7. The van der Waals surface area contributed by atoms with Gasteiger partial charge in [0.15, 0.2) is 17.3 Å². The molecule has 6 aromatic rings. The van der Waals surface area contributed by atoms with Gasteiger partial charge in [-0.25, -0.2) is 29.3 Å². The van der Waals surface area contributed by atoms with E-state index in [-0.39, 0.29) is 55.8 Å². The number of hydrogen-bond acceptors (Lipinski definition) is 12. The van der Waals surface area contributed by atoms with E-state index in [0.29, 0.717) is 59.2 Å². The van der Waals surface area contributed by atoms with Crippen LogP contribution in [-0.2, 0) is 41.4 Å². The second-order valence-electron chi connectivity index (χ2n) is 18.6. The summed E-state index contributed by atoms with van der Waals surface area (Å²) in [5.41, 5.74) is 7.91. The summed E-state index contributed by atoms with van der Waals surface area (Å²) in [7, 11) is 0. The van der Waals surface area contributed by atoms with Gasteiger partial charge in [-0.1, -0.05) is 72.3 Å². The number of fused-ring (bicyclic) bond motifs is 2. The van der Waals surface area contributed by atoms with Crippen LogP contribution in [0, 0.1) is 0 Å². The van der Waals surface area contributed by atoms with Crippen molar-refractivity contribution >= 4 is 76.9 Å². The number of nitrogens with two attached hydrogens (primary N) is 1. The zero-order valence-electron chi connectivity index (χ0n) is 38.5. The maximum Gasteiger partial charge on any atom is 0.420 e. The van der Waals surface area contributed by atoms with E-state index in [9.17, 15) is 19.2 Å². The molecule has 17 heteroatoms. The number of nitrogens with zero attached hydrogens (tertiary/aromatic N) is 6. The molecule has 1 saturated heterocycles. The van der Waals surface area contributed by atoms with E-state index < -0.39 is 28.9 Å². The number of ether oxygens (including phenoxy) is 3. The van der Waals surface area contributed by atoms with E-state index in [1.165, 1.54) is 4.57 Å². The molecule has 4 aromatic heterocycles. The molecule has 346 valence electrons. The Hall–Kier alpha value is -6.00. The molecule has 0 radical (unpaired) electrons. The summed E-state index contributed by atoms with van der Waals surface area (Å²) in [6.45, 7) is 17.0. The number of nitrogens with one attached hydrogen (secondary N) is 1. The third-order valence-corrected chi connectivity index (χ3v) is 10.0. The minimum absolute atomic E-state index is 0. The van der Waals surface area contributed by atoms with Crippen molar-refractivity contribution in [1.29, 1.82) is 0 Å². The van der Waals surface area contributed by atoms with E-state index in [4.69, 9.17) is 41.5 Å². The lowest BCUT2D eigenvalue weighted by Crippen LogP contribution is -2.40. The average Bonchev–Trinajstić information content (AvgIpc) is 3.95. The van der Waals surface area contributed by atoms with Crippen molar-refractivity contribution in [2.75, 3.05) is 11.4 Å². The van der Waals surface area contributed by atoms with E-state index >= 15 is 0 Å². The van der Waals surface area contributed by atoms with Crippen LogP contribution >= 0.6 is 25.1 Å². The van der Waals surface area contributed by atoms with Crippen molar-refractivity contribution in [3.05, 3.63) is 89.3 Å². The maximum atomic E-state index is 13.1. The molecule has 1 amide bonds. The first kappa shape index (κ1) is 50.0. The van der Waals surface area contributed by atoms with Crippen LogP contribution in [0.25, 0.3) is 44.8 Å². The number of carbonyl (C=O) groups is 4. The summed E-state index contributed by atoms with van der Waals surface area (Å²) in [5, 5.41) is 1.54. The van der Waals surface area contributed by atoms with E-state index in [1.54, 1.807) is 26.8 Å². The highest BCUT2D eigenvalue weighted by Crippen LogP contribution is 2.34. The van der Waals surface area contributed by atoms with Gasteiger partial charge in [-0.05, 0) is 100 Å². The molecule has 3 N–H and O–H groups in total. The van der Waals surface area contributed by atoms with Gasteiger partial charge in [0.05, 0.1) is 23.6 Å². The Labute approximate surface area is 391 Å². The number of aromatic amines is 1. The van der Waals surface area contributed by atoms with Gasteiger partial charge in [0.2, 0.25) is 5.91 Å². The molecule has 1 fully saturated rings. The number of aromatic nitrogens is 6. The van der Waals surface area contributed by atoms with Crippen LogP contribution in [0.2, 0.25) is 5.15 Å². The van der Waals surface area contributed by atoms with E-state index in [2.05, 4.69) is 15.0 Å². The molecule has 2 aromatic carbocycles. The lowest BCUT2D eigenvalue weighted by molar-refractivity contribution is -0.155. The van der Waals surface area contributed by atoms with Crippen LogP contribution in [-0.4, -0.2) is 82.8 Å². The number of anilines is 1. The van der Waals surface area contributed by atoms with Crippen molar-refractivity contribution < 1.29 is 33.4 Å². The van der Waals surface area contributed by atoms with Crippen LogP contribution in [0.4, 0.5) is 10.6 Å². The molecule has 0 unspecified atom stereocenters. The predicted octanol–water partition coefficient (Wildman–Crippen LogP) is 9.28. The van der Waals surface area contributed by atoms with Crippen LogP contribution < -0.4 is 10.6 Å². The summed E-state index contributed by atoms with van der Waals surface area (Å²) in [6, 6.07) is 22.4. The molecule has 7 rings (SSSR count). The molecule has 0 saturated carbocycles. The second-order valence-corrected chi connectivity index (χ2v) is 19.0. The first-order valence-electron chi connectivity index (χ1n) is 21.4. The Kier molecular flexibility index (Phi) is 15.7. The van der Waals surface area contributed by atoms with Crippen LogP contribution in [0.15, 0.2) is 72.8 Å². The van der Waals surface area contributed by atoms with Crippen molar-refractivity contribution in [3.8, 4) is 22.8 Å². The van der Waals surface area contributed by atoms with E-state index in [0.717, 1.165) is 28.6 Å². The number of benzene rings is 2. The zero-order valence-corrected chi connectivity index (χ0v) is 40.2. The largest absolute Gasteiger partial charge is 0.460 e. The molecule has 0 spiro atoms. The molecule has 1 aliphatic heterocycles. The van der Waals surface area contributed by atoms with Crippen LogP contribution in [0.5, 0.6) is 0 Å². The summed E-state index contributed by atoms with van der Waals surface area (Å²) in [4.78, 5) is 73.5. The fourth-order valence-electron chi connectivity index (χ4n) is 7.19. The van der Waals surface area contributed by atoms with Gasteiger partial charge in [0.1, 0.15) is 39.5 Å². The molecule has 1 aliphatic rings. The van der Waals surface area contributed by atoms with Gasteiger partial charge in [0.25, 0.3) is 0 Å². The highest BCUT2D eigenvalue weighted by molar-refractivity contribution is 7.59. The molecule has 0 aliphatic carbocycles. The topological polar surface area (TPSA) is 198 Å². The van der Waals surface area contributed by atoms with Gasteiger partial charge in [0, 0.05) is 29.1 Å². The summed E-state index contributed by atoms with van der Waals surface area (Å²) >= 11 is 6.48. The Morgan fingerprint density at radius 2 is 1.26 bits per heavy atom. The van der Waals surface area contributed by atoms with E-state index in [1.807, 2.05) is 113 Å². The van der Waals surface area contributed by atoms with Crippen molar-refractivity contribution in [3.63, 3.8) is 0 Å². The minimum atomic E-state index is -0.713. The molecule has 65 heavy (non-hydrogen) atoms. The fraction of sp³-hybridized carbons (Fsp3) is 0.417. The summed E-state index contributed by atoms with van der Waals surface area (Å²) < 4.78 is 17.8. The third kappa shape index (κ3) is 13.3. The number of primary amides is 1. The number of H-pyrrole nitrogens is 1. The molecule has 1 atom stereocenters. The highest BCUT2D eigenvalue weighted by atomic mass is 35.5. The summed E-state index contributed by atoms with van der Waals surface area (Å²) in [6.07, 6.45) is 2.07. The number of rotatable bonds is 10. The van der Waals surface area contributed by atoms with Gasteiger partial charge < -0.3 is 29.8 Å². The molecule has 15 nitrogen and oxygen atoms in total. The standard InChI is InChI=1S/C24H28ClN3O4.C24H29N5O3.H2S/c1-23(2,3)31-18(29)13-12-16-14-17-19(25)26-20(15-10-8-7-9-11-15)27-21(17)28(16)22(30)32-24(4,5)6;1-24(2,3)32-19(30)12-11-16-14-17-22(26-16)27-21(15-8-5-4-6-9-15)28-23(17)29-13-7-10-18(29)20(25)31;/h7-11,14H,12-13H2,1-6H3;4-6,8-9,14,18H,7,10-13H2,1-3H3,(H2,25,31)(H,26,27,28);1H2/t;18-;/m.0./s1. The van der Waals surface area contributed by atoms with Crippen LogP contribution in [0.1, 0.15) is 99.4 Å². The molecule has 0 bridgehead atoms. The third-order valence-electron chi connectivity index (χ3n) is 9.73. The SMILES string of the molecule is CC(C)(C)OC(=O)CCc1cc2c(Cl)nc(-c3ccccc3)nc2n1C(=O)OC(C)(C)C.CC(C)(C)OC(=O)CCc1cc2c(N3CCC[C@H]3C(N)=O)nc(-c3ccccc3)nc2[nH]1.S. The Bertz CT molecular complexity index is 2650. The van der Waals surface area contributed by atoms with Gasteiger partial charge in [-0.2, -0.15) is 13.5 Å². The smallest absolute Gasteiger partial charge is 0.420 e.